The number of nitrogens with zero attached hydrogens (tertiary/aromatic N) is 3. The maximum Gasteiger partial charge on any atom is 0.268 e. The molecule has 0 unspecified atom stereocenters. The van der Waals surface area contributed by atoms with E-state index < -0.39 is 5.56 Å². The number of aromatic nitrogens is 1. The Morgan fingerprint density at radius 2 is 1.50 bits per heavy atom. The minimum Gasteiger partial charge on any atom is -0.384 e. The van der Waals surface area contributed by atoms with Crippen molar-refractivity contribution in [3.63, 3.8) is 0 Å². The molecule has 6 nitrogen and oxygen atoms in total. The van der Waals surface area contributed by atoms with E-state index in [2.05, 4.69) is 4.98 Å². The molecule has 0 radical (unpaired) electrons. The number of anilines is 3. The molecule has 0 bridgehead atoms. The number of H-pyrrole nitrogens is 1. The molecule has 2 aromatic carbocycles. The second-order valence-electron chi connectivity index (χ2n) is 5.66. The molecule has 0 aliphatic carbocycles. The SMILES string of the molecule is CN(c1ccccc1)c1ccc(-c2c(C#N)c(N)[nH]c(=O)c2C#N)cc1. The third kappa shape index (κ3) is 2.88. The van der Waals surface area contributed by atoms with Gasteiger partial charge >= 0.3 is 0 Å². The summed E-state index contributed by atoms with van der Waals surface area (Å²) in [6.07, 6.45) is 0. The average molecular weight is 341 g/mol. The molecular formula is C20H15N5O. The summed E-state index contributed by atoms with van der Waals surface area (Å²) in [5.74, 6) is -0.0445. The summed E-state index contributed by atoms with van der Waals surface area (Å²) in [7, 11) is 1.94. The van der Waals surface area contributed by atoms with Gasteiger partial charge in [0, 0.05) is 24.0 Å². The van der Waals surface area contributed by atoms with Gasteiger partial charge in [0.15, 0.2) is 0 Å². The number of hydrogen-bond donors (Lipinski definition) is 2. The summed E-state index contributed by atoms with van der Waals surface area (Å²) >= 11 is 0. The predicted molar refractivity (Wildman–Crippen MR) is 101 cm³/mol. The molecule has 6 heteroatoms. The lowest BCUT2D eigenvalue weighted by Crippen LogP contribution is -2.16. The van der Waals surface area contributed by atoms with Crippen LogP contribution in [0.3, 0.4) is 0 Å². The summed E-state index contributed by atoms with van der Waals surface area (Å²) < 4.78 is 0. The van der Waals surface area contributed by atoms with Gasteiger partial charge in [-0.2, -0.15) is 10.5 Å². The summed E-state index contributed by atoms with van der Waals surface area (Å²) in [5, 5.41) is 18.7. The van der Waals surface area contributed by atoms with Gasteiger partial charge in [0.05, 0.1) is 0 Å². The first-order chi connectivity index (χ1) is 12.6. The number of aromatic amines is 1. The lowest BCUT2D eigenvalue weighted by atomic mass is 9.96. The first kappa shape index (κ1) is 16.8. The van der Waals surface area contributed by atoms with Crippen LogP contribution in [0.4, 0.5) is 17.2 Å². The van der Waals surface area contributed by atoms with E-state index in [1.165, 1.54) is 0 Å². The van der Waals surface area contributed by atoms with Gasteiger partial charge in [-0.15, -0.1) is 0 Å². The highest BCUT2D eigenvalue weighted by Crippen LogP contribution is 2.31. The number of pyridine rings is 1. The van der Waals surface area contributed by atoms with E-state index >= 15 is 0 Å². The van der Waals surface area contributed by atoms with Crippen molar-refractivity contribution in [2.45, 2.75) is 0 Å². The number of nitrogens with two attached hydrogens (primary N) is 1. The zero-order valence-electron chi connectivity index (χ0n) is 14.0. The van der Waals surface area contributed by atoms with E-state index in [1.807, 2.05) is 66.6 Å². The Kier molecular flexibility index (Phi) is 4.42. The average Bonchev–Trinajstić information content (AvgIpc) is 2.68. The van der Waals surface area contributed by atoms with E-state index in [9.17, 15) is 15.3 Å². The normalized spacial score (nSPS) is 9.96. The molecule has 3 aromatic rings. The summed E-state index contributed by atoms with van der Waals surface area (Å²) in [6, 6.07) is 20.9. The number of rotatable bonds is 3. The van der Waals surface area contributed by atoms with Crippen LogP contribution in [-0.2, 0) is 0 Å². The largest absolute Gasteiger partial charge is 0.384 e. The summed E-state index contributed by atoms with van der Waals surface area (Å²) in [6.45, 7) is 0. The minimum atomic E-state index is -0.607. The maximum absolute atomic E-state index is 12.0. The Labute approximate surface area is 150 Å². The number of nitriles is 2. The molecule has 3 N–H and O–H groups in total. The van der Waals surface area contributed by atoms with E-state index in [-0.39, 0.29) is 22.5 Å². The number of hydrogen-bond acceptors (Lipinski definition) is 5. The fourth-order valence-corrected chi connectivity index (χ4v) is 2.78. The number of nitrogens with one attached hydrogen (secondary N) is 1. The molecule has 0 amide bonds. The van der Waals surface area contributed by atoms with Crippen molar-refractivity contribution >= 4 is 17.2 Å². The van der Waals surface area contributed by atoms with Gasteiger partial charge < -0.3 is 15.6 Å². The fraction of sp³-hybridized carbons (Fsp3) is 0.0500. The molecule has 26 heavy (non-hydrogen) atoms. The predicted octanol–water partition coefficient (Wildman–Crippen LogP) is 3.14. The minimum absolute atomic E-state index is 0.0445. The zero-order chi connectivity index (χ0) is 18.7. The van der Waals surface area contributed by atoms with Crippen molar-refractivity contribution in [2.24, 2.45) is 0 Å². The third-order valence-electron chi connectivity index (χ3n) is 4.15. The van der Waals surface area contributed by atoms with Crippen LogP contribution >= 0.6 is 0 Å². The molecular weight excluding hydrogens is 326 g/mol. The van der Waals surface area contributed by atoms with Crippen molar-refractivity contribution < 1.29 is 0 Å². The van der Waals surface area contributed by atoms with Crippen LogP contribution in [0.25, 0.3) is 11.1 Å². The van der Waals surface area contributed by atoms with E-state index in [1.54, 1.807) is 12.1 Å². The number of nitrogen functional groups attached to an aromatic ring is 1. The highest BCUT2D eigenvalue weighted by molar-refractivity contribution is 5.81. The molecule has 0 aliphatic heterocycles. The molecule has 3 rings (SSSR count). The van der Waals surface area contributed by atoms with E-state index in [0.717, 1.165) is 11.4 Å². The van der Waals surface area contributed by atoms with Gasteiger partial charge in [-0.25, -0.2) is 0 Å². The maximum atomic E-state index is 12.0. The molecule has 0 atom stereocenters. The highest BCUT2D eigenvalue weighted by Gasteiger charge is 2.18. The fourth-order valence-electron chi connectivity index (χ4n) is 2.78. The standard InChI is InChI=1S/C20H15N5O/c1-25(14-5-3-2-4-6-14)15-9-7-13(8-10-15)18-16(11-21)19(23)24-20(26)17(18)12-22/h2-10H,1H3,(H3,23,24,26). The first-order valence-electron chi connectivity index (χ1n) is 7.82. The molecule has 0 aliphatic rings. The Hall–Kier alpha value is -4.03. The van der Waals surface area contributed by atoms with Gasteiger partial charge in [0.2, 0.25) is 0 Å². The van der Waals surface area contributed by atoms with Gasteiger partial charge in [-0.05, 0) is 29.8 Å². The van der Waals surface area contributed by atoms with Crippen molar-refractivity contribution in [1.29, 1.82) is 10.5 Å². The highest BCUT2D eigenvalue weighted by atomic mass is 16.1. The summed E-state index contributed by atoms with van der Waals surface area (Å²) in [5.41, 5.74) is 7.90. The Balaban J connectivity index is 2.10. The van der Waals surface area contributed by atoms with Crippen molar-refractivity contribution in [3.8, 4) is 23.3 Å². The van der Waals surface area contributed by atoms with Crippen LogP contribution in [0.1, 0.15) is 11.1 Å². The Bertz CT molecular complexity index is 1090. The van der Waals surface area contributed by atoms with Gasteiger partial charge in [0.25, 0.3) is 5.56 Å². The molecule has 1 heterocycles. The lowest BCUT2D eigenvalue weighted by molar-refractivity contribution is 1.20. The first-order valence-corrected chi connectivity index (χ1v) is 7.82. The van der Waals surface area contributed by atoms with Gasteiger partial charge in [0.1, 0.15) is 29.1 Å². The van der Waals surface area contributed by atoms with Gasteiger partial charge in [-0.1, -0.05) is 30.3 Å². The van der Waals surface area contributed by atoms with Crippen LogP contribution in [0.2, 0.25) is 0 Å². The van der Waals surface area contributed by atoms with Crippen molar-refractivity contribution in [1.82, 2.24) is 4.98 Å². The number of benzene rings is 2. The second-order valence-corrected chi connectivity index (χ2v) is 5.66. The van der Waals surface area contributed by atoms with Crippen LogP contribution in [0, 0.1) is 22.7 Å². The topological polar surface area (TPSA) is 110 Å². The van der Waals surface area contributed by atoms with Crippen LogP contribution in [0.15, 0.2) is 59.4 Å². The van der Waals surface area contributed by atoms with Crippen molar-refractivity contribution in [2.75, 3.05) is 17.7 Å². The van der Waals surface area contributed by atoms with Crippen LogP contribution in [-0.4, -0.2) is 12.0 Å². The van der Waals surface area contributed by atoms with Crippen molar-refractivity contribution in [3.05, 3.63) is 76.1 Å². The lowest BCUT2D eigenvalue weighted by Gasteiger charge is -2.20. The quantitative estimate of drug-likeness (QED) is 0.760. The van der Waals surface area contributed by atoms with Gasteiger partial charge in [-0.3, -0.25) is 4.79 Å². The van der Waals surface area contributed by atoms with E-state index in [0.29, 0.717) is 5.56 Å². The third-order valence-corrected chi connectivity index (χ3v) is 4.15. The van der Waals surface area contributed by atoms with Crippen LogP contribution in [0.5, 0.6) is 0 Å². The monoisotopic (exact) mass is 341 g/mol. The molecule has 0 saturated carbocycles. The molecule has 0 fully saturated rings. The zero-order valence-corrected chi connectivity index (χ0v) is 14.0. The Morgan fingerprint density at radius 3 is 2.08 bits per heavy atom. The Morgan fingerprint density at radius 1 is 0.923 bits per heavy atom. The summed E-state index contributed by atoms with van der Waals surface area (Å²) in [4.78, 5) is 16.4. The molecule has 0 saturated heterocycles. The molecule has 1 aromatic heterocycles. The molecule has 0 spiro atoms. The van der Waals surface area contributed by atoms with E-state index in [4.69, 9.17) is 5.73 Å². The van der Waals surface area contributed by atoms with Crippen LogP contribution < -0.4 is 16.2 Å². The number of para-hydroxylation sites is 1. The smallest absolute Gasteiger partial charge is 0.268 e. The molecule has 126 valence electrons. The second kappa shape index (κ2) is 6.84.